The predicted molar refractivity (Wildman–Crippen MR) is 83.1 cm³/mol. The average molecular weight is 306 g/mol. The third kappa shape index (κ3) is 2.04. The smallest absolute Gasteiger partial charge is 0.155 e. The molecule has 0 aromatic carbocycles. The van der Waals surface area contributed by atoms with E-state index in [2.05, 4.69) is 6.92 Å². The first-order valence-electron chi connectivity index (χ1n) is 9.02. The summed E-state index contributed by atoms with van der Waals surface area (Å²) in [7, 11) is 0. The summed E-state index contributed by atoms with van der Waals surface area (Å²) in [6.45, 7) is 2.22. The van der Waals surface area contributed by atoms with Crippen LogP contribution in [0.15, 0.2) is 11.6 Å². The number of hydrogen-bond acceptors (Lipinski definition) is 2. The first-order valence-corrected chi connectivity index (χ1v) is 9.02. The molecule has 3 saturated carbocycles. The number of ketones is 1. The third-order valence-electron chi connectivity index (χ3n) is 7.52. The molecule has 4 aliphatic rings. The van der Waals surface area contributed by atoms with Crippen LogP contribution in [0, 0.1) is 23.2 Å². The molecule has 0 unspecified atom stereocenters. The Hall–Kier alpha value is -0.700. The van der Waals surface area contributed by atoms with Crippen molar-refractivity contribution in [2.24, 2.45) is 23.2 Å². The van der Waals surface area contributed by atoms with Crippen molar-refractivity contribution in [1.82, 2.24) is 0 Å². The summed E-state index contributed by atoms with van der Waals surface area (Å²) in [6.07, 6.45) is 8.41. The van der Waals surface area contributed by atoms with Crippen molar-refractivity contribution >= 4 is 5.78 Å². The van der Waals surface area contributed by atoms with Gasteiger partial charge in [0.15, 0.2) is 5.78 Å². The molecular weight excluding hydrogens is 279 g/mol. The molecule has 0 radical (unpaired) electrons. The fourth-order valence-corrected chi connectivity index (χ4v) is 6.28. The van der Waals surface area contributed by atoms with Gasteiger partial charge in [-0.1, -0.05) is 12.5 Å². The lowest BCUT2D eigenvalue weighted by atomic mass is 9.56. The predicted octanol–water partition coefficient (Wildman–Crippen LogP) is 3.97. The van der Waals surface area contributed by atoms with Crippen molar-refractivity contribution in [2.45, 2.75) is 76.5 Å². The molecule has 22 heavy (non-hydrogen) atoms. The van der Waals surface area contributed by atoms with E-state index in [9.17, 15) is 9.90 Å². The molecule has 4 rings (SSSR count). The Balaban J connectivity index is 1.70. The van der Waals surface area contributed by atoms with E-state index < -0.39 is 5.67 Å². The Bertz CT molecular complexity index is 528. The number of rotatable bonds is 0. The standard InChI is InChI=1S/C19H27FO2/c1-18-8-7-16-14(15(18)4-5-17(18)22)3-2-12-10-13(21)6-9-19(16,20)11-12/h10,14-17,22H,2-9,11H2,1H3/t14-,15-,16-,17-,18-,19-/m0/s1. The molecule has 0 aliphatic heterocycles. The van der Waals surface area contributed by atoms with Gasteiger partial charge in [0.05, 0.1) is 6.10 Å². The van der Waals surface area contributed by atoms with Gasteiger partial charge in [0.2, 0.25) is 0 Å². The highest BCUT2D eigenvalue weighted by Crippen LogP contribution is 2.62. The number of halogens is 1. The van der Waals surface area contributed by atoms with Crippen LogP contribution in [-0.4, -0.2) is 22.7 Å². The lowest BCUT2D eigenvalue weighted by molar-refractivity contribution is -0.116. The molecule has 122 valence electrons. The van der Waals surface area contributed by atoms with Crippen LogP contribution in [0.3, 0.4) is 0 Å². The number of alkyl halides is 1. The zero-order valence-electron chi connectivity index (χ0n) is 13.5. The van der Waals surface area contributed by atoms with E-state index in [0.29, 0.717) is 31.1 Å². The summed E-state index contributed by atoms with van der Waals surface area (Å²) in [5, 5.41) is 10.4. The fraction of sp³-hybridized carbons (Fsp3) is 0.842. The fourth-order valence-electron chi connectivity index (χ4n) is 6.28. The molecule has 2 nitrogen and oxygen atoms in total. The van der Waals surface area contributed by atoms with Gasteiger partial charge in [0, 0.05) is 12.8 Å². The normalized spacial score (nSPS) is 51.4. The maximum absolute atomic E-state index is 15.9. The molecule has 0 heterocycles. The second kappa shape index (κ2) is 4.90. The summed E-state index contributed by atoms with van der Waals surface area (Å²) in [6, 6.07) is 0. The van der Waals surface area contributed by atoms with Gasteiger partial charge in [-0.3, -0.25) is 4.79 Å². The van der Waals surface area contributed by atoms with Crippen LogP contribution in [0.2, 0.25) is 0 Å². The average Bonchev–Trinajstić information content (AvgIpc) is 2.61. The van der Waals surface area contributed by atoms with Crippen molar-refractivity contribution in [3.63, 3.8) is 0 Å². The number of carbonyl (C=O) groups excluding carboxylic acids is 1. The Morgan fingerprint density at radius 3 is 2.77 bits per heavy atom. The van der Waals surface area contributed by atoms with Crippen LogP contribution >= 0.6 is 0 Å². The minimum Gasteiger partial charge on any atom is -0.393 e. The van der Waals surface area contributed by atoms with E-state index >= 15 is 4.39 Å². The second-order valence-electron chi connectivity index (χ2n) is 8.53. The summed E-state index contributed by atoms with van der Waals surface area (Å²) in [5.41, 5.74) is -0.149. The van der Waals surface area contributed by atoms with Crippen molar-refractivity contribution in [3.05, 3.63) is 11.6 Å². The first kappa shape index (κ1) is 14.9. The van der Waals surface area contributed by atoms with Gasteiger partial charge in [0.1, 0.15) is 5.67 Å². The third-order valence-corrected chi connectivity index (χ3v) is 7.52. The number of carbonyl (C=O) groups is 1. The van der Waals surface area contributed by atoms with Crippen molar-refractivity contribution in [2.75, 3.05) is 0 Å². The van der Waals surface area contributed by atoms with Gasteiger partial charge in [-0.25, -0.2) is 4.39 Å². The SMILES string of the molecule is C[C@]12CC[C@H]3[C@@H](CCC4=CC(=O)CC[C@]3(F)C4)[C@@H]1CC[C@@H]2O. The quantitative estimate of drug-likeness (QED) is 0.735. The summed E-state index contributed by atoms with van der Waals surface area (Å²) in [4.78, 5) is 11.8. The van der Waals surface area contributed by atoms with Crippen molar-refractivity contribution < 1.29 is 14.3 Å². The molecule has 0 amide bonds. The molecule has 6 atom stereocenters. The van der Waals surface area contributed by atoms with Gasteiger partial charge in [-0.15, -0.1) is 0 Å². The number of fused-ring (bicyclic) bond motifs is 6. The number of hydrogen-bond donors (Lipinski definition) is 1. The van der Waals surface area contributed by atoms with Crippen LogP contribution in [0.1, 0.15) is 64.7 Å². The van der Waals surface area contributed by atoms with Gasteiger partial charge < -0.3 is 5.11 Å². The summed E-state index contributed by atoms with van der Waals surface area (Å²) >= 11 is 0. The van der Waals surface area contributed by atoms with E-state index in [4.69, 9.17) is 0 Å². The van der Waals surface area contributed by atoms with E-state index in [-0.39, 0.29) is 23.2 Å². The van der Waals surface area contributed by atoms with Crippen LogP contribution in [0.4, 0.5) is 4.39 Å². The Kier molecular flexibility index (Phi) is 3.31. The zero-order valence-corrected chi connectivity index (χ0v) is 13.5. The molecule has 2 bridgehead atoms. The Labute approximate surface area is 132 Å². The highest BCUT2D eigenvalue weighted by Gasteiger charge is 2.58. The molecule has 0 saturated heterocycles. The molecule has 0 aromatic rings. The number of aliphatic hydroxyl groups is 1. The van der Waals surface area contributed by atoms with Crippen LogP contribution in [0.5, 0.6) is 0 Å². The van der Waals surface area contributed by atoms with Crippen molar-refractivity contribution in [3.8, 4) is 0 Å². The summed E-state index contributed by atoms with van der Waals surface area (Å²) < 4.78 is 15.9. The van der Waals surface area contributed by atoms with Gasteiger partial charge in [-0.05, 0) is 74.2 Å². The van der Waals surface area contributed by atoms with Crippen LogP contribution in [0.25, 0.3) is 0 Å². The highest BCUT2D eigenvalue weighted by atomic mass is 19.1. The second-order valence-corrected chi connectivity index (χ2v) is 8.53. The van der Waals surface area contributed by atoms with Crippen molar-refractivity contribution in [1.29, 1.82) is 0 Å². The highest BCUT2D eigenvalue weighted by molar-refractivity contribution is 5.90. The zero-order chi connectivity index (χ0) is 15.5. The lowest BCUT2D eigenvalue weighted by Crippen LogP contribution is -2.49. The Morgan fingerprint density at radius 1 is 1.14 bits per heavy atom. The minimum atomic E-state index is -1.19. The maximum Gasteiger partial charge on any atom is 0.155 e. The topological polar surface area (TPSA) is 37.3 Å². The van der Waals surface area contributed by atoms with Gasteiger partial charge >= 0.3 is 0 Å². The van der Waals surface area contributed by atoms with E-state index in [1.807, 2.05) is 0 Å². The van der Waals surface area contributed by atoms with E-state index in [1.165, 1.54) is 0 Å². The minimum absolute atomic E-state index is 0.00374. The number of allylic oxidation sites excluding steroid dienone is 2. The maximum atomic E-state index is 15.9. The summed E-state index contributed by atoms with van der Waals surface area (Å²) in [5.74, 6) is 1.06. The molecule has 1 N–H and O–H groups in total. The van der Waals surface area contributed by atoms with E-state index in [1.54, 1.807) is 6.08 Å². The Morgan fingerprint density at radius 2 is 1.95 bits per heavy atom. The number of aliphatic hydroxyl groups excluding tert-OH is 1. The largest absolute Gasteiger partial charge is 0.393 e. The van der Waals surface area contributed by atoms with Crippen LogP contribution < -0.4 is 0 Å². The molecule has 4 aliphatic carbocycles. The lowest BCUT2D eigenvalue weighted by Gasteiger charge is -2.50. The molecular formula is C19H27FO2. The van der Waals surface area contributed by atoms with Gasteiger partial charge in [-0.2, -0.15) is 0 Å². The van der Waals surface area contributed by atoms with Gasteiger partial charge in [0.25, 0.3) is 0 Å². The monoisotopic (exact) mass is 306 g/mol. The molecule has 0 aromatic heterocycles. The molecule has 3 heteroatoms. The molecule has 3 fully saturated rings. The van der Waals surface area contributed by atoms with E-state index in [0.717, 1.165) is 44.1 Å². The van der Waals surface area contributed by atoms with Crippen LogP contribution in [-0.2, 0) is 4.79 Å². The first-order chi connectivity index (χ1) is 10.4. The molecule has 0 spiro atoms.